The van der Waals surface area contributed by atoms with Gasteiger partial charge in [0.1, 0.15) is 11.4 Å². The van der Waals surface area contributed by atoms with E-state index >= 15 is 0 Å². The van der Waals surface area contributed by atoms with Gasteiger partial charge in [0.2, 0.25) is 0 Å². The van der Waals surface area contributed by atoms with E-state index in [0.29, 0.717) is 17.8 Å². The van der Waals surface area contributed by atoms with Crippen LogP contribution in [0, 0.1) is 5.82 Å². The fourth-order valence-corrected chi connectivity index (χ4v) is 1.63. The molecule has 5 heteroatoms. The Morgan fingerprint density at radius 3 is 2.53 bits per heavy atom. The molecule has 17 heavy (non-hydrogen) atoms. The highest BCUT2D eigenvalue weighted by Gasteiger charge is 2.32. The van der Waals surface area contributed by atoms with E-state index in [1.54, 1.807) is 6.92 Å². The van der Waals surface area contributed by atoms with Gasteiger partial charge in [-0.1, -0.05) is 6.92 Å². The van der Waals surface area contributed by atoms with Crippen LogP contribution in [-0.4, -0.2) is 20.1 Å². The topological polar surface area (TPSA) is 58.9 Å². The van der Waals surface area contributed by atoms with Crippen molar-refractivity contribution < 1.29 is 9.50 Å². The fraction of sp³-hybridized carbons (Fsp3) is 0.250. The first-order valence-corrected chi connectivity index (χ1v) is 5.27. The zero-order chi connectivity index (χ0) is 12.3. The van der Waals surface area contributed by atoms with Gasteiger partial charge < -0.3 is 5.11 Å². The zero-order valence-electron chi connectivity index (χ0n) is 9.34. The maximum atomic E-state index is 12.8. The number of aliphatic hydroxyl groups is 1. The van der Waals surface area contributed by atoms with E-state index in [9.17, 15) is 9.50 Å². The van der Waals surface area contributed by atoms with Gasteiger partial charge in [0.15, 0.2) is 0 Å². The molecule has 0 radical (unpaired) electrons. The quantitative estimate of drug-likeness (QED) is 0.875. The lowest BCUT2D eigenvalue weighted by Crippen LogP contribution is -2.29. The van der Waals surface area contributed by atoms with Crippen LogP contribution < -0.4 is 0 Å². The van der Waals surface area contributed by atoms with Crippen molar-refractivity contribution in [1.29, 1.82) is 0 Å². The van der Waals surface area contributed by atoms with Crippen molar-refractivity contribution in [3.63, 3.8) is 0 Å². The van der Waals surface area contributed by atoms with E-state index in [4.69, 9.17) is 0 Å². The first-order valence-electron chi connectivity index (χ1n) is 5.27. The molecule has 2 aromatic heterocycles. The lowest BCUT2D eigenvalue weighted by Gasteiger charge is -2.24. The van der Waals surface area contributed by atoms with Gasteiger partial charge in [-0.3, -0.25) is 15.0 Å². The van der Waals surface area contributed by atoms with Crippen LogP contribution in [0.3, 0.4) is 0 Å². The third kappa shape index (κ3) is 2.14. The Hall–Kier alpha value is -1.88. The minimum absolute atomic E-state index is 0.363. The average Bonchev–Trinajstić information content (AvgIpc) is 2.40. The summed E-state index contributed by atoms with van der Waals surface area (Å²) >= 11 is 0. The molecule has 4 nitrogen and oxygen atoms in total. The highest BCUT2D eigenvalue weighted by atomic mass is 19.1. The molecule has 2 rings (SSSR count). The van der Waals surface area contributed by atoms with E-state index in [-0.39, 0.29) is 0 Å². The molecular formula is C12H12FN3O. The Morgan fingerprint density at radius 2 is 2.00 bits per heavy atom. The number of hydrogen-bond donors (Lipinski definition) is 1. The summed E-state index contributed by atoms with van der Waals surface area (Å²) in [6, 6.07) is 2.72. The van der Waals surface area contributed by atoms with Crippen molar-refractivity contribution >= 4 is 0 Å². The number of halogens is 1. The van der Waals surface area contributed by atoms with Crippen LogP contribution in [0.4, 0.5) is 4.39 Å². The molecular weight excluding hydrogens is 221 g/mol. The predicted octanol–water partition coefficient (Wildman–Crippen LogP) is 1.66. The van der Waals surface area contributed by atoms with E-state index < -0.39 is 11.4 Å². The molecule has 0 aliphatic heterocycles. The second-order valence-electron chi connectivity index (χ2n) is 3.67. The van der Waals surface area contributed by atoms with Crippen LogP contribution in [0.25, 0.3) is 0 Å². The summed E-state index contributed by atoms with van der Waals surface area (Å²) in [5.74, 6) is -0.439. The van der Waals surface area contributed by atoms with Gasteiger partial charge in [0.05, 0.1) is 23.8 Å². The smallest absolute Gasteiger partial charge is 0.149 e. The van der Waals surface area contributed by atoms with Gasteiger partial charge in [-0.2, -0.15) is 0 Å². The Labute approximate surface area is 98.2 Å². The van der Waals surface area contributed by atoms with Crippen LogP contribution in [0.2, 0.25) is 0 Å². The average molecular weight is 233 g/mol. The predicted molar refractivity (Wildman–Crippen MR) is 59.5 cm³/mol. The number of hydrogen-bond acceptors (Lipinski definition) is 4. The molecule has 2 heterocycles. The van der Waals surface area contributed by atoms with Crippen LogP contribution in [0.5, 0.6) is 0 Å². The minimum atomic E-state index is -1.33. The molecule has 0 spiro atoms. The second kappa shape index (κ2) is 4.55. The standard InChI is InChI=1S/C12H12FN3O/c1-2-12(17,11-8-14-5-6-15-11)10-4-3-9(13)7-16-10/h3-8,17H,2H2,1H3. The number of nitrogens with zero attached hydrogens (tertiary/aromatic N) is 3. The summed E-state index contributed by atoms with van der Waals surface area (Å²) in [5, 5.41) is 10.6. The third-order valence-corrected chi connectivity index (χ3v) is 2.65. The molecule has 1 N–H and O–H groups in total. The normalized spacial score (nSPS) is 14.3. The number of rotatable bonds is 3. The molecule has 2 aromatic rings. The minimum Gasteiger partial charge on any atom is -0.377 e. The van der Waals surface area contributed by atoms with Crippen LogP contribution in [0.15, 0.2) is 36.9 Å². The molecule has 0 saturated heterocycles. The van der Waals surface area contributed by atoms with Crippen LogP contribution in [-0.2, 0) is 5.60 Å². The Balaban J connectivity index is 2.48. The van der Waals surface area contributed by atoms with E-state index in [1.165, 1.54) is 30.7 Å². The monoisotopic (exact) mass is 233 g/mol. The Kier molecular flexibility index (Phi) is 3.10. The molecule has 0 aromatic carbocycles. The maximum Gasteiger partial charge on any atom is 0.149 e. The SMILES string of the molecule is CCC(O)(c1ccc(F)cn1)c1cnccn1. The van der Waals surface area contributed by atoms with E-state index in [1.807, 2.05) is 0 Å². The van der Waals surface area contributed by atoms with Crippen molar-refractivity contribution in [3.05, 3.63) is 54.1 Å². The Bertz CT molecular complexity index is 489. The van der Waals surface area contributed by atoms with Crippen LogP contribution >= 0.6 is 0 Å². The lowest BCUT2D eigenvalue weighted by atomic mass is 9.92. The second-order valence-corrected chi connectivity index (χ2v) is 3.67. The van der Waals surface area contributed by atoms with Crippen molar-refractivity contribution in [3.8, 4) is 0 Å². The van der Waals surface area contributed by atoms with Gasteiger partial charge >= 0.3 is 0 Å². The van der Waals surface area contributed by atoms with Crippen molar-refractivity contribution in [2.75, 3.05) is 0 Å². The summed E-state index contributed by atoms with van der Waals surface area (Å²) in [4.78, 5) is 11.9. The molecule has 0 saturated carbocycles. The van der Waals surface area contributed by atoms with E-state index in [2.05, 4.69) is 15.0 Å². The highest BCUT2D eigenvalue weighted by molar-refractivity contribution is 5.25. The molecule has 0 bridgehead atoms. The summed E-state index contributed by atoms with van der Waals surface area (Å²) in [6.07, 6.45) is 5.96. The van der Waals surface area contributed by atoms with Crippen LogP contribution in [0.1, 0.15) is 24.7 Å². The molecule has 0 fully saturated rings. The summed E-state index contributed by atoms with van der Waals surface area (Å²) < 4.78 is 12.8. The molecule has 88 valence electrons. The summed E-state index contributed by atoms with van der Waals surface area (Å²) in [6.45, 7) is 1.81. The first kappa shape index (κ1) is 11.6. The Morgan fingerprint density at radius 1 is 1.18 bits per heavy atom. The highest BCUT2D eigenvalue weighted by Crippen LogP contribution is 2.29. The molecule has 1 unspecified atom stereocenters. The van der Waals surface area contributed by atoms with Gasteiger partial charge in [-0.25, -0.2) is 4.39 Å². The van der Waals surface area contributed by atoms with Gasteiger partial charge in [-0.15, -0.1) is 0 Å². The molecule has 0 amide bonds. The fourth-order valence-electron chi connectivity index (χ4n) is 1.63. The largest absolute Gasteiger partial charge is 0.377 e. The number of aromatic nitrogens is 3. The van der Waals surface area contributed by atoms with Crippen molar-refractivity contribution in [2.24, 2.45) is 0 Å². The van der Waals surface area contributed by atoms with Gasteiger partial charge in [0.25, 0.3) is 0 Å². The van der Waals surface area contributed by atoms with Crippen molar-refractivity contribution in [1.82, 2.24) is 15.0 Å². The molecule has 0 aliphatic carbocycles. The number of pyridine rings is 1. The lowest BCUT2D eigenvalue weighted by molar-refractivity contribution is 0.0668. The first-order chi connectivity index (χ1) is 8.16. The maximum absolute atomic E-state index is 12.8. The third-order valence-electron chi connectivity index (χ3n) is 2.65. The summed E-state index contributed by atoms with van der Waals surface area (Å²) in [5.41, 5.74) is -0.564. The summed E-state index contributed by atoms with van der Waals surface area (Å²) in [7, 11) is 0. The van der Waals surface area contributed by atoms with E-state index in [0.717, 1.165) is 6.20 Å². The molecule has 1 atom stereocenters. The van der Waals surface area contributed by atoms with Gasteiger partial charge in [0, 0.05) is 12.4 Å². The van der Waals surface area contributed by atoms with Gasteiger partial charge in [-0.05, 0) is 18.6 Å². The zero-order valence-corrected chi connectivity index (χ0v) is 9.34. The molecule has 0 aliphatic rings. The van der Waals surface area contributed by atoms with Crippen molar-refractivity contribution in [2.45, 2.75) is 18.9 Å².